The molecule has 0 aliphatic carbocycles. The van der Waals surface area contributed by atoms with E-state index in [0.29, 0.717) is 5.92 Å². The average molecular weight is 350 g/mol. The van der Waals surface area contributed by atoms with E-state index in [2.05, 4.69) is 18.2 Å². The van der Waals surface area contributed by atoms with Gasteiger partial charge in [0.15, 0.2) is 0 Å². The van der Waals surface area contributed by atoms with Gasteiger partial charge in [-0.2, -0.15) is 5.06 Å². The van der Waals surface area contributed by atoms with E-state index in [1.165, 1.54) is 0 Å². The van der Waals surface area contributed by atoms with E-state index in [0.717, 1.165) is 48.6 Å². The summed E-state index contributed by atoms with van der Waals surface area (Å²) in [4.78, 5) is 9.98. The molecule has 1 fully saturated rings. The first-order valence-electron chi connectivity index (χ1n) is 9.03. The zero-order chi connectivity index (χ0) is 18.2. The molecular formula is C22H26N2O2. The largest absolute Gasteiger partial charge is 0.497 e. The molecule has 0 spiro atoms. The minimum atomic E-state index is 0.599. The van der Waals surface area contributed by atoms with Crippen LogP contribution in [0.2, 0.25) is 0 Å². The van der Waals surface area contributed by atoms with Crippen LogP contribution >= 0.6 is 0 Å². The number of aromatic nitrogens is 1. The number of allylic oxidation sites excluding steroid dienone is 1. The molecule has 4 heteroatoms. The number of benzene rings is 1. The lowest BCUT2D eigenvalue weighted by Crippen LogP contribution is -2.32. The van der Waals surface area contributed by atoms with Gasteiger partial charge in [-0.05, 0) is 60.7 Å². The maximum absolute atomic E-state index is 5.28. The van der Waals surface area contributed by atoms with Crippen LogP contribution < -0.4 is 4.74 Å². The average Bonchev–Trinajstić information content (AvgIpc) is 2.72. The number of rotatable bonds is 6. The Morgan fingerprint density at radius 2 is 1.62 bits per heavy atom. The minimum absolute atomic E-state index is 0.599. The molecule has 0 bridgehead atoms. The maximum atomic E-state index is 5.28. The van der Waals surface area contributed by atoms with Crippen LogP contribution in [0.1, 0.15) is 29.8 Å². The molecule has 0 amide bonds. The van der Waals surface area contributed by atoms with Crippen molar-refractivity contribution in [2.45, 2.75) is 12.8 Å². The van der Waals surface area contributed by atoms with Gasteiger partial charge in [0, 0.05) is 13.1 Å². The Kier molecular flexibility index (Phi) is 6.58. The number of nitrogens with zero attached hydrogens (tertiary/aromatic N) is 2. The van der Waals surface area contributed by atoms with Crippen LogP contribution in [0.15, 0.2) is 48.5 Å². The van der Waals surface area contributed by atoms with Crippen LogP contribution in [0.25, 0.3) is 18.2 Å². The van der Waals surface area contributed by atoms with Gasteiger partial charge in [-0.1, -0.05) is 30.4 Å². The molecule has 4 nitrogen and oxygen atoms in total. The van der Waals surface area contributed by atoms with Gasteiger partial charge >= 0.3 is 0 Å². The molecule has 0 radical (unpaired) electrons. The molecule has 136 valence electrons. The highest BCUT2D eigenvalue weighted by atomic mass is 16.7. The molecular weight excluding hydrogens is 324 g/mol. The predicted molar refractivity (Wildman–Crippen MR) is 106 cm³/mol. The quantitative estimate of drug-likeness (QED) is 0.766. The summed E-state index contributed by atoms with van der Waals surface area (Å²) in [6.45, 7) is 1.98. The smallest absolute Gasteiger partial charge is 0.118 e. The number of hydroxylamine groups is 2. The normalized spacial score (nSPS) is 16.5. The van der Waals surface area contributed by atoms with Crippen molar-refractivity contribution in [1.29, 1.82) is 0 Å². The first-order valence-corrected chi connectivity index (χ1v) is 9.03. The van der Waals surface area contributed by atoms with Gasteiger partial charge in [0.05, 0.1) is 25.6 Å². The van der Waals surface area contributed by atoms with E-state index in [9.17, 15) is 0 Å². The van der Waals surface area contributed by atoms with E-state index < -0.39 is 0 Å². The Morgan fingerprint density at radius 3 is 2.27 bits per heavy atom. The Balaban J connectivity index is 1.60. The fourth-order valence-electron chi connectivity index (χ4n) is 3.04. The number of methoxy groups -OCH3 is 1. The van der Waals surface area contributed by atoms with E-state index in [4.69, 9.17) is 14.6 Å². The zero-order valence-corrected chi connectivity index (χ0v) is 15.5. The second-order valence-corrected chi connectivity index (χ2v) is 6.40. The standard InChI is InChI=1S/C22H26N2O2/c1-25-22-12-8-18(9-13-22)6-10-20-4-3-5-21(23-20)11-7-19-14-16-24(26-2)17-15-19/h3-13,19H,14-17H2,1-2H3/b10-6+,11-7+. The fraction of sp³-hybridized carbons (Fsp3) is 0.318. The third-order valence-electron chi connectivity index (χ3n) is 4.65. The van der Waals surface area contributed by atoms with E-state index in [1.807, 2.05) is 53.6 Å². The number of pyridine rings is 1. The van der Waals surface area contributed by atoms with Gasteiger partial charge in [0.25, 0.3) is 0 Å². The predicted octanol–water partition coefficient (Wildman–Crippen LogP) is 4.55. The van der Waals surface area contributed by atoms with Crippen molar-refractivity contribution in [2.75, 3.05) is 27.3 Å². The summed E-state index contributed by atoms with van der Waals surface area (Å²) < 4.78 is 5.18. The number of hydrogen-bond donors (Lipinski definition) is 0. The van der Waals surface area contributed by atoms with Gasteiger partial charge < -0.3 is 9.57 Å². The maximum Gasteiger partial charge on any atom is 0.118 e. The molecule has 1 aromatic heterocycles. The summed E-state index contributed by atoms with van der Waals surface area (Å²) in [6, 6.07) is 14.1. The topological polar surface area (TPSA) is 34.6 Å². The van der Waals surface area contributed by atoms with Gasteiger partial charge in [0.2, 0.25) is 0 Å². The molecule has 1 saturated heterocycles. The highest BCUT2D eigenvalue weighted by Gasteiger charge is 2.16. The summed E-state index contributed by atoms with van der Waals surface area (Å²) in [5, 5.41) is 2.02. The molecule has 2 heterocycles. The third-order valence-corrected chi connectivity index (χ3v) is 4.65. The third kappa shape index (κ3) is 5.28. The van der Waals surface area contributed by atoms with Crippen molar-refractivity contribution >= 4 is 18.2 Å². The van der Waals surface area contributed by atoms with Crippen LogP contribution in [0, 0.1) is 5.92 Å². The van der Waals surface area contributed by atoms with Gasteiger partial charge in [-0.25, -0.2) is 4.98 Å². The molecule has 0 saturated carbocycles. The minimum Gasteiger partial charge on any atom is -0.497 e. The van der Waals surface area contributed by atoms with Crippen molar-refractivity contribution < 1.29 is 9.57 Å². The van der Waals surface area contributed by atoms with Crippen molar-refractivity contribution in [3.63, 3.8) is 0 Å². The molecule has 1 aromatic carbocycles. The van der Waals surface area contributed by atoms with Crippen LogP contribution in [0.4, 0.5) is 0 Å². The molecule has 1 aliphatic heterocycles. The summed E-state index contributed by atoms with van der Waals surface area (Å²) >= 11 is 0. The molecule has 0 N–H and O–H groups in total. The second kappa shape index (κ2) is 9.32. The number of ether oxygens (including phenoxy) is 1. The van der Waals surface area contributed by atoms with Crippen LogP contribution in [0.3, 0.4) is 0 Å². The van der Waals surface area contributed by atoms with Crippen LogP contribution in [0.5, 0.6) is 5.75 Å². The van der Waals surface area contributed by atoms with E-state index >= 15 is 0 Å². The number of piperidine rings is 1. The highest BCUT2D eigenvalue weighted by molar-refractivity contribution is 5.68. The second-order valence-electron chi connectivity index (χ2n) is 6.40. The SMILES string of the molecule is COc1ccc(/C=C/c2cccc(/C=C/C3CCN(OC)CC3)n2)cc1. The van der Waals surface area contributed by atoms with E-state index in [-0.39, 0.29) is 0 Å². The fourth-order valence-corrected chi connectivity index (χ4v) is 3.04. The summed E-state index contributed by atoms with van der Waals surface area (Å²) in [7, 11) is 3.42. The zero-order valence-electron chi connectivity index (χ0n) is 15.5. The lowest BCUT2D eigenvalue weighted by molar-refractivity contribution is -0.145. The van der Waals surface area contributed by atoms with Crippen molar-refractivity contribution in [2.24, 2.45) is 5.92 Å². The monoisotopic (exact) mass is 350 g/mol. The highest BCUT2D eigenvalue weighted by Crippen LogP contribution is 2.19. The molecule has 0 atom stereocenters. The van der Waals surface area contributed by atoms with Crippen molar-refractivity contribution in [1.82, 2.24) is 10.0 Å². The Hall–Kier alpha value is -2.43. The van der Waals surface area contributed by atoms with Crippen LogP contribution in [-0.2, 0) is 4.84 Å². The first-order chi connectivity index (χ1) is 12.8. The molecule has 2 aromatic rings. The van der Waals surface area contributed by atoms with Crippen LogP contribution in [-0.4, -0.2) is 37.4 Å². The Morgan fingerprint density at radius 1 is 0.923 bits per heavy atom. The van der Waals surface area contributed by atoms with Gasteiger partial charge in [-0.3, -0.25) is 0 Å². The van der Waals surface area contributed by atoms with Crippen molar-refractivity contribution in [3.05, 3.63) is 65.5 Å². The van der Waals surface area contributed by atoms with Gasteiger partial charge in [-0.15, -0.1) is 0 Å². The Bertz CT molecular complexity index is 745. The lowest BCUT2D eigenvalue weighted by Gasteiger charge is -2.28. The molecule has 26 heavy (non-hydrogen) atoms. The molecule has 3 rings (SSSR count). The van der Waals surface area contributed by atoms with Crippen molar-refractivity contribution in [3.8, 4) is 5.75 Å². The lowest BCUT2D eigenvalue weighted by atomic mass is 9.97. The first kappa shape index (κ1) is 18.4. The van der Waals surface area contributed by atoms with E-state index in [1.54, 1.807) is 14.2 Å². The summed E-state index contributed by atoms with van der Waals surface area (Å²) in [5.41, 5.74) is 3.08. The summed E-state index contributed by atoms with van der Waals surface area (Å²) in [6.07, 6.45) is 10.8. The molecule has 0 unspecified atom stereocenters. The van der Waals surface area contributed by atoms with Gasteiger partial charge in [0.1, 0.15) is 5.75 Å². The summed E-state index contributed by atoms with van der Waals surface area (Å²) in [5.74, 6) is 1.46. The molecule has 1 aliphatic rings. The number of hydrogen-bond acceptors (Lipinski definition) is 4. The Labute approximate surface area is 155 Å².